The van der Waals surface area contributed by atoms with E-state index in [0.29, 0.717) is 5.56 Å². The average Bonchev–Trinajstić information content (AvgIpc) is 2.43. The largest absolute Gasteiger partial charge is 0.481 e. The predicted molar refractivity (Wildman–Crippen MR) is 87.1 cm³/mol. The van der Waals surface area contributed by atoms with Crippen molar-refractivity contribution in [1.82, 2.24) is 10.6 Å². The van der Waals surface area contributed by atoms with Gasteiger partial charge in [-0.15, -0.1) is 0 Å². The minimum atomic E-state index is -0.983. The van der Waals surface area contributed by atoms with E-state index >= 15 is 0 Å². The van der Waals surface area contributed by atoms with Crippen molar-refractivity contribution in [2.24, 2.45) is 5.92 Å². The van der Waals surface area contributed by atoms with Crippen LogP contribution in [0.2, 0.25) is 0 Å². The maximum Gasteiger partial charge on any atom is 0.305 e. The van der Waals surface area contributed by atoms with Crippen molar-refractivity contribution < 1.29 is 19.5 Å². The minimum Gasteiger partial charge on any atom is -0.481 e. The van der Waals surface area contributed by atoms with Crippen LogP contribution in [0.1, 0.15) is 43.1 Å². The Morgan fingerprint density at radius 3 is 2.22 bits per heavy atom. The third kappa shape index (κ3) is 5.73. The molecule has 2 unspecified atom stereocenters. The SMILES string of the molecule is Cc1ccccc1C(=O)NC(C(=O)NC(C)CC(=O)O)C(C)C. The van der Waals surface area contributed by atoms with E-state index in [1.54, 1.807) is 19.1 Å². The monoisotopic (exact) mass is 320 g/mol. The topological polar surface area (TPSA) is 95.5 Å². The van der Waals surface area contributed by atoms with E-state index in [2.05, 4.69) is 10.6 Å². The van der Waals surface area contributed by atoms with Gasteiger partial charge in [0.05, 0.1) is 6.42 Å². The number of aryl methyl sites for hydroxylation is 1. The molecule has 0 radical (unpaired) electrons. The number of hydrogen-bond donors (Lipinski definition) is 3. The normalized spacial score (nSPS) is 13.3. The molecule has 1 aromatic rings. The van der Waals surface area contributed by atoms with Crippen LogP contribution in [0.25, 0.3) is 0 Å². The molecule has 0 spiro atoms. The Morgan fingerprint density at radius 2 is 1.70 bits per heavy atom. The van der Waals surface area contributed by atoms with E-state index < -0.39 is 18.1 Å². The van der Waals surface area contributed by atoms with Gasteiger partial charge in [-0.25, -0.2) is 0 Å². The number of carbonyl (C=O) groups excluding carboxylic acids is 2. The Morgan fingerprint density at radius 1 is 1.09 bits per heavy atom. The highest BCUT2D eigenvalue weighted by Crippen LogP contribution is 2.09. The van der Waals surface area contributed by atoms with Crippen LogP contribution in [-0.4, -0.2) is 35.0 Å². The summed E-state index contributed by atoms with van der Waals surface area (Å²) < 4.78 is 0. The van der Waals surface area contributed by atoms with Crippen LogP contribution in [0.4, 0.5) is 0 Å². The van der Waals surface area contributed by atoms with Gasteiger partial charge in [-0.2, -0.15) is 0 Å². The van der Waals surface area contributed by atoms with Crippen molar-refractivity contribution >= 4 is 17.8 Å². The molecular weight excluding hydrogens is 296 g/mol. The summed E-state index contributed by atoms with van der Waals surface area (Å²) in [4.78, 5) is 35.3. The molecule has 0 aliphatic carbocycles. The summed E-state index contributed by atoms with van der Waals surface area (Å²) >= 11 is 0. The molecule has 0 heterocycles. The summed E-state index contributed by atoms with van der Waals surface area (Å²) in [7, 11) is 0. The molecule has 0 fully saturated rings. The molecule has 2 amide bonds. The first-order chi connectivity index (χ1) is 10.7. The fourth-order valence-corrected chi connectivity index (χ4v) is 2.23. The van der Waals surface area contributed by atoms with Crippen LogP contribution >= 0.6 is 0 Å². The number of carboxylic acids is 1. The van der Waals surface area contributed by atoms with Crippen molar-refractivity contribution in [3.8, 4) is 0 Å². The first kappa shape index (κ1) is 18.7. The lowest BCUT2D eigenvalue weighted by atomic mass is 10.0. The van der Waals surface area contributed by atoms with Crippen molar-refractivity contribution in [2.45, 2.75) is 46.2 Å². The van der Waals surface area contributed by atoms with Gasteiger partial charge >= 0.3 is 5.97 Å². The highest BCUT2D eigenvalue weighted by Gasteiger charge is 2.26. The Hall–Kier alpha value is -2.37. The van der Waals surface area contributed by atoms with Gasteiger partial charge in [-0.3, -0.25) is 14.4 Å². The van der Waals surface area contributed by atoms with E-state index in [4.69, 9.17) is 5.11 Å². The minimum absolute atomic E-state index is 0.125. The lowest BCUT2D eigenvalue weighted by Crippen LogP contribution is -2.52. The number of hydrogen-bond acceptors (Lipinski definition) is 3. The van der Waals surface area contributed by atoms with Crippen LogP contribution in [0.15, 0.2) is 24.3 Å². The third-order valence-corrected chi connectivity index (χ3v) is 3.49. The first-order valence-electron chi connectivity index (χ1n) is 7.61. The van der Waals surface area contributed by atoms with Crippen LogP contribution in [-0.2, 0) is 9.59 Å². The molecule has 0 aliphatic heterocycles. The lowest BCUT2D eigenvalue weighted by Gasteiger charge is -2.24. The smallest absolute Gasteiger partial charge is 0.305 e. The van der Waals surface area contributed by atoms with Crippen molar-refractivity contribution in [3.05, 3.63) is 35.4 Å². The number of carbonyl (C=O) groups is 3. The summed E-state index contributed by atoms with van der Waals surface area (Å²) in [5.41, 5.74) is 1.34. The molecular formula is C17H24N2O4. The maximum atomic E-state index is 12.4. The number of aliphatic carboxylic acids is 1. The van der Waals surface area contributed by atoms with Crippen molar-refractivity contribution in [2.75, 3.05) is 0 Å². The van der Waals surface area contributed by atoms with Gasteiger partial charge in [-0.1, -0.05) is 32.0 Å². The van der Waals surface area contributed by atoms with E-state index in [9.17, 15) is 14.4 Å². The van der Waals surface area contributed by atoms with E-state index in [1.807, 2.05) is 32.9 Å². The molecule has 1 aromatic carbocycles. The number of nitrogens with one attached hydrogen (secondary N) is 2. The lowest BCUT2D eigenvalue weighted by molar-refractivity contribution is -0.137. The Bertz CT molecular complexity index is 584. The number of benzene rings is 1. The van der Waals surface area contributed by atoms with E-state index in [0.717, 1.165) is 5.56 Å². The van der Waals surface area contributed by atoms with Crippen LogP contribution in [0.3, 0.4) is 0 Å². The zero-order valence-corrected chi connectivity index (χ0v) is 13.9. The summed E-state index contributed by atoms with van der Waals surface area (Å²) in [5.74, 6) is -1.80. The fourth-order valence-electron chi connectivity index (χ4n) is 2.23. The second kappa shape index (κ2) is 8.31. The summed E-state index contributed by atoms with van der Waals surface area (Å²) in [5, 5.41) is 14.1. The van der Waals surface area contributed by atoms with E-state index in [1.165, 1.54) is 0 Å². The third-order valence-electron chi connectivity index (χ3n) is 3.49. The van der Waals surface area contributed by atoms with Gasteiger partial charge < -0.3 is 15.7 Å². The molecule has 0 saturated carbocycles. The number of carboxylic acid groups (broad SMARTS) is 1. The molecule has 0 aromatic heterocycles. The summed E-state index contributed by atoms with van der Waals surface area (Å²) in [6, 6.07) is 5.91. The van der Waals surface area contributed by atoms with Gasteiger partial charge in [0.15, 0.2) is 0 Å². The molecule has 3 N–H and O–H groups in total. The van der Waals surface area contributed by atoms with Crippen molar-refractivity contribution in [1.29, 1.82) is 0 Å². The fraction of sp³-hybridized carbons (Fsp3) is 0.471. The second-order valence-corrected chi connectivity index (χ2v) is 6.02. The highest BCUT2D eigenvalue weighted by atomic mass is 16.4. The second-order valence-electron chi connectivity index (χ2n) is 6.02. The molecule has 0 saturated heterocycles. The number of amides is 2. The summed E-state index contributed by atoms with van der Waals surface area (Å²) in [6.45, 7) is 7.09. The average molecular weight is 320 g/mol. The molecule has 0 bridgehead atoms. The first-order valence-corrected chi connectivity index (χ1v) is 7.61. The van der Waals surface area contributed by atoms with Gasteiger partial charge in [0.2, 0.25) is 5.91 Å². The molecule has 1 rings (SSSR count). The Labute approximate surface area is 136 Å². The van der Waals surface area contributed by atoms with Crippen LogP contribution < -0.4 is 10.6 Å². The Balaban J connectivity index is 2.79. The zero-order valence-electron chi connectivity index (χ0n) is 13.9. The van der Waals surface area contributed by atoms with Crippen molar-refractivity contribution in [3.63, 3.8) is 0 Å². The molecule has 23 heavy (non-hydrogen) atoms. The van der Waals surface area contributed by atoms with Crippen LogP contribution in [0, 0.1) is 12.8 Å². The number of rotatable bonds is 7. The highest BCUT2D eigenvalue weighted by molar-refractivity contribution is 5.98. The van der Waals surface area contributed by atoms with Gasteiger partial charge in [0, 0.05) is 11.6 Å². The quantitative estimate of drug-likeness (QED) is 0.713. The van der Waals surface area contributed by atoms with Gasteiger partial charge in [0.1, 0.15) is 6.04 Å². The standard InChI is InChI=1S/C17H24N2O4/c1-10(2)15(17(23)18-12(4)9-14(20)21)19-16(22)13-8-6-5-7-11(13)3/h5-8,10,12,15H,9H2,1-4H3,(H,18,23)(H,19,22)(H,20,21). The molecule has 126 valence electrons. The molecule has 2 atom stereocenters. The van der Waals surface area contributed by atoms with Crippen LogP contribution in [0.5, 0.6) is 0 Å². The van der Waals surface area contributed by atoms with E-state index in [-0.39, 0.29) is 24.2 Å². The molecule has 6 heteroatoms. The zero-order chi connectivity index (χ0) is 17.6. The molecule has 6 nitrogen and oxygen atoms in total. The summed E-state index contributed by atoms with van der Waals surface area (Å²) in [6.07, 6.45) is -0.164. The van der Waals surface area contributed by atoms with Gasteiger partial charge in [-0.05, 0) is 31.4 Å². The predicted octanol–water partition coefficient (Wildman–Crippen LogP) is 1.73. The molecule has 0 aliphatic rings. The Kier molecular flexibility index (Phi) is 6.75. The van der Waals surface area contributed by atoms with Gasteiger partial charge in [0.25, 0.3) is 5.91 Å². The maximum absolute atomic E-state index is 12.4.